The van der Waals surface area contributed by atoms with Crippen LogP contribution < -0.4 is 5.32 Å². The molecule has 0 radical (unpaired) electrons. The van der Waals surface area contributed by atoms with Gasteiger partial charge in [-0.25, -0.2) is 0 Å². The van der Waals surface area contributed by atoms with E-state index in [-0.39, 0.29) is 0 Å². The van der Waals surface area contributed by atoms with Gasteiger partial charge in [-0.1, -0.05) is 35.0 Å². The summed E-state index contributed by atoms with van der Waals surface area (Å²) in [7, 11) is 0. The van der Waals surface area contributed by atoms with Crippen LogP contribution in [0.1, 0.15) is 43.9 Å². The van der Waals surface area contributed by atoms with E-state index in [2.05, 4.69) is 53.3 Å². The second kappa shape index (κ2) is 4.67. The Morgan fingerprint density at radius 3 is 3.07 bits per heavy atom. The van der Waals surface area contributed by atoms with Crippen molar-refractivity contribution in [2.75, 3.05) is 0 Å². The highest BCUT2D eigenvalue weighted by molar-refractivity contribution is 9.10. The Morgan fingerprint density at radius 1 is 1.53 bits per heavy atom. The Morgan fingerprint density at radius 2 is 2.33 bits per heavy atom. The second-order valence-electron chi connectivity index (χ2n) is 4.37. The van der Waals surface area contributed by atoms with E-state index in [9.17, 15) is 0 Å². The van der Waals surface area contributed by atoms with Gasteiger partial charge < -0.3 is 5.32 Å². The smallest absolute Gasteiger partial charge is 0.0328 e. The van der Waals surface area contributed by atoms with Crippen LogP contribution >= 0.6 is 15.9 Å². The molecule has 2 heteroatoms. The monoisotopic (exact) mass is 267 g/mol. The van der Waals surface area contributed by atoms with Gasteiger partial charge in [0.25, 0.3) is 0 Å². The first-order chi connectivity index (χ1) is 7.22. The largest absolute Gasteiger partial charge is 0.307 e. The van der Waals surface area contributed by atoms with E-state index >= 15 is 0 Å². The third-order valence-corrected chi connectivity index (χ3v) is 4.05. The van der Waals surface area contributed by atoms with Gasteiger partial charge in [-0.2, -0.15) is 0 Å². The van der Waals surface area contributed by atoms with Gasteiger partial charge >= 0.3 is 0 Å². The fourth-order valence-corrected chi connectivity index (χ4v) is 2.82. The van der Waals surface area contributed by atoms with Gasteiger partial charge in [0.05, 0.1) is 0 Å². The van der Waals surface area contributed by atoms with E-state index < -0.39 is 0 Å². The molecule has 0 saturated heterocycles. The zero-order chi connectivity index (χ0) is 10.8. The lowest BCUT2D eigenvalue weighted by Crippen LogP contribution is -2.28. The van der Waals surface area contributed by atoms with E-state index in [4.69, 9.17) is 0 Å². The summed E-state index contributed by atoms with van der Waals surface area (Å²) in [5, 5.41) is 3.69. The molecule has 15 heavy (non-hydrogen) atoms. The number of benzene rings is 1. The molecule has 0 saturated carbocycles. The van der Waals surface area contributed by atoms with Crippen molar-refractivity contribution in [1.29, 1.82) is 0 Å². The first-order valence-corrected chi connectivity index (χ1v) is 6.55. The first-order valence-electron chi connectivity index (χ1n) is 5.75. The van der Waals surface area contributed by atoms with Crippen LogP contribution in [0.15, 0.2) is 22.7 Å². The van der Waals surface area contributed by atoms with Crippen molar-refractivity contribution in [2.45, 2.75) is 45.2 Å². The van der Waals surface area contributed by atoms with Gasteiger partial charge in [0, 0.05) is 16.6 Å². The Balaban J connectivity index is 2.18. The molecule has 1 aliphatic carbocycles. The minimum Gasteiger partial charge on any atom is -0.307 e. The highest BCUT2D eigenvalue weighted by Crippen LogP contribution is 2.35. The topological polar surface area (TPSA) is 12.0 Å². The van der Waals surface area contributed by atoms with Gasteiger partial charge in [0.1, 0.15) is 0 Å². The summed E-state index contributed by atoms with van der Waals surface area (Å²) in [5.74, 6) is 0. The summed E-state index contributed by atoms with van der Waals surface area (Å²) in [4.78, 5) is 0. The van der Waals surface area contributed by atoms with Gasteiger partial charge in [-0.15, -0.1) is 0 Å². The van der Waals surface area contributed by atoms with E-state index in [1.807, 2.05) is 0 Å². The van der Waals surface area contributed by atoms with Gasteiger partial charge in [0.2, 0.25) is 0 Å². The number of hydrogen-bond acceptors (Lipinski definition) is 1. The molecule has 1 aromatic carbocycles. The highest BCUT2D eigenvalue weighted by Gasteiger charge is 2.24. The molecule has 1 N–H and O–H groups in total. The molecule has 1 nitrogen and oxygen atoms in total. The molecule has 0 amide bonds. The molecule has 2 rings (SSSR count). The summed E-state index contributed by atoms with van der Waals surface area (Å²) in [6.07, 6.45) is 3.63. The molecule has 82 valence electrons. The van der Waals surface area contributed by atoms with E-state index in [1.54, 1.807) is 0 Å². The fourth-order valence-electron chi connectivity index (χ4n) is 2.24. The van der Waals surface area contributed by atoms with Gasteiger partial charge in [0.15, 0.2) is 0 Å². The predicted octanol–water partition coefficient (Wildman–Crippen LogP) is 3.82. The maximum atomic E-state index is 3.69. The Bertz CT molecular complexity index is 348. The number of rotatable bonds is 3. The highest BCUT2D eigenvalue weighted by atomic mass is 79.9. The van der Waals surface area contributed by atoms with E-state index in [0.717, 1.165) is 0 Å². The molecule has 1 aliphatic rings. The van der Waals surface area contributed by atoms with Crippen LogP contribution in [0, 0.1) is 0 Å². The van der Waals surface area contributed by atoms with Crippen molar-refractivity contribution in [1.82, 2.24) is 5.32 Å². The van der Waals surface area contributed by atoms with Gasteiger partial charge in [-0.05, 0) is 43.4 Å². The summed E-state index contributed by atoms with van der Waals surface area (Å²) in [6.45, 7) is 4.49. The maximum Gasteiger partial charge on any atom is 0.0328 e. The van der Waals surface area contributed by atoms with Crippen LogP contribution in [0.2, 0.25) is 0 Å². The molecule has 0 bridgehead atoms. The van der Waals surface area contributed by atoms with Crippen molar-refractivity contribution in [3.8, 4) is 0 Å². The van der Waals surface area contributed by atoms with Crippen molar-refractivity contribution in [3.63, 3.8) is 0 Å². The molecule has 0 aromatic heterocycles. The third kappa shape index (κ3) is 2.26. The number of nitrogens with one attached hydrogen (secondary N) is 1. The average molecular weight is 268 g/mol. The van der Waals surface area contributed by atoms with E-state index in [1.165, 1.54) is 34.9 Å². The van der Waals surface area contributed by atoms with Crippen LogP contribution in [-0.4, -0.2) is 6.04 Å². The lowest BCUT2D eigenvalue weighted by atomic mass is 10.1. The maximum absolute atomic E-state index is 3.69. The van der Waals surface area contributed by atoms with Crippen molar-refractivity contribution in [2.24, 2.45) is 0 Å². The molecule has 2 unspecified atom stereocenters. The normalized spacial score (nSPS) is 21.4. The summed E-state index contributed by atoms with van der Waals surface area (Å²) < 4.78 is 1.27. The molecule has 0 heterocycles. The molecular weight excluding hydrogens is 250 g/mol. The Hall–Kier alpha value is -0.340. The predicted molar refractivity (Wildman–Crippen MR) is 68.1 cm³/mol. The first kappa shape index (κ1) is 11.2. The number of fused-ring (bicyclic) bond motifs is 1. The fraction of sp³-hybridized carbons (Fsp3) is 0.538. The van der Waals surface area contributed by atoms with E-state index in [0.29, 0.717) is 12.1 Å². The standard InChI is InChI=1S/C13H18BrN/c1-3-9(2)15-13-8-7-10-11(13)5-4-6-12(10)14/h4-6,9,13,15H,3,7-8H2,1-2H3. The summed E-state index contributed by atoms with van der Waals surface area (Å²) in [6, 6.07) is 7.71. The molecular formula is C13H18BrN. The minimum atomic E-state index is 0.562. The molecule has 0 aliphatic heterocycles. The molecule has 0 fully saturated rings. The molecule has 0 spiro atoms. The van der Waals surface area contributed by atoms with Crippen molar-refractivity contribution in [3.05, 3.63) is 33.8 Å². The lowest BCUT2D eigenvalue weighted by Gasteiger charge is -2.19. The van der Waals surface area contributed by atoms with Crippen molar-refractivity contribution >= 4 is 15.9 Å². The van der Waals surface area contributed by atoms with Gasteiger partial charge in [-0.3, -0.25) is 0 Å². The Labute approximate surface area is 100 Å². The number of halogens is 1. The van der Waals surface area contributed by atoms with Crippen LogP contribution in [0.3, 0.4) is 0 Å². The molecule has 1 aromatic rings. The van der Waals surface area contributed by atoms with Crippen LogP contribution in [0.4, 0.5) is 0 Å². The van der Waals surface area contributed by atoms with Crippen LogP contribution in [0.5, 0.6) is 0 Å². The SMILES string of the molecule is CCC(C)NC1CCc2c(Br)cccc21. The minimum absolute atomic E-state index is 0.562. The third-order valence-electron chi connectivity index (χ3n) is 3.31. The zero-order valence-electron chi connectivity index (χ0n) is 9.39. The quantitative estimate of drug-likeness (QED) is 0.878. The van der Waals surface area contributed by atoms with Crippen LogP contribution in [0.25, 0.3) is 0 Å². The lowest BCUT2D eigenvalue weighted by molar-refractivity contribution is 0.445. The average Bonchev–Trinajstić information content (AvgIpc) is 2.63. The van der Waals surface area contributed by atoms with Crippen molar-refractivity contribution < 1.29 is 0 Å². The number of hydrogen-bond donors (Lipinski definition) is 1. The Kier molecular flexibility index (Phi) is 3.47. The summed E-state index contributed by atoms with van der Waals surface area (Å²) in [5.41, 5.74) is 2.99. The second-order valence-corrected chi connectivity index (χ2v) is 5.23. The van der Waals surface area contributed by atoms with Crippen LogP contribution in [-0.2, 0) is 6.42 Å². The zero-order valence-corrected chi connectivity index (χ0v) is 11.0. The molecule has 2 atom stereocenters. The summed E-state index contributed by atoms with van der Waals surface area (Å²) >= 11 is 3.63.